The molecule has 6 nitrogen and oxygen atoms in total. The lowest BCUT2D eigenvalue weighted by Gasteiger charge is -2.34. The van der Waals surface area contributed by atoms with Crippen LogP contribution in [0.5, 0.6) is 0 Å². The molecule has 0 saturated carbocycles. The van der Waals surface area contributed by atoms with Crippen LogP contribution >= 0.6 is 0 Å². The van der Waals surface area contributed by atoms with E-state index in [2.05, 4.69) is 21.8 Å². The number of esters is 1. The van der Waals surface area contributed by atoms with Crippen molar-refractivity contribution < 1.29 is 13.9 Å². The fraction of sp³-hybridized carbons (Fsp3) is 0.467. The summed E-state index contributed by atoms with van der Waals surface area (Å²) in [7, 11) is 2.06. The predicted molar refractivity (Wildman–Crippen MR) is 80.8 cm³/mol. The van der Waals surface area contributed by atoms with Gasteiger partial charge < -0.3 is 14.5 Å². The molecule has 7 heteroatoms. The molecule has 1 aliphatic rings. The van der Waals surface area contributed by atoms with Gasteiger partial charge in [-0.3, -0.25) is 4.40 Å². The van der Waals surface area contributed by atoms with Crippen molar-refractivity contribution in [2.45, 2.75) is 6.92 Å². The molecule has 3 heterocycles. The maximum Gasteiger partial charge on any atom is 0.361 e. The molecule has 118 valence electrons. The number of rotatable bonds is 3. The third-order valence-electron chi connectivity index (χ3n) is 3.86. The Bertz CT molecular complexity index is 692. The first-order chi connectivity index (χ1) is 10.6. The van der Waals surface area contributed by atoms with Crippen LogP contribution in [-0.4, -0.2) is 60.1 Å². The molecule has 2 aromatic heterocycles. The summed E-state index contributed by atoms with van der Waals surface area (Å²) >= 11 is 0. The van der Waals surface area contributed by atoms with E-state index < -0.39 is 11.9 Å². The van der Waals surface area contributed by atoms with E-state index in [1.807, 2.05) is 12.1 Å². The van der Waals surface area contributed by atoms with E-state index >= 15 is 0 Å². The van der Waals surface area contributed by atoms with Crippen LogP contribution in [-0.2, 0) is 4.74 Å². The number of carbonyl (C=O) groups excluding carboxylic acids is 1. The minimum Gasteiger partial charge on any atom is -0.461 e. The second kappa shape index (κ2) is 5.92. The number of hydrogen-bond donors (Lipinski definition) is 0. The van der Waals surface area contributed by atoms with Gasteiger partial charge in [0.05, 0.1) is 6.61 Å². The largest absolute Gasteiger partial charge is 0.461 e. The lowest BCUT2D eigenvalue weighted by molar-refractivity contribution is 0.0514. The van der Waals surface area contributed by atoms with Crippen molar-refractivity contribution in [3.05, 3.63) is 29.8 Å². The molecule has 0 bridgehead atoms. The SMILES string of the molecule is CCOC(=O)c1nc2cccc(N3CCN(C)CC3)n2c1F. The van der Waals surface area contributed by atoms with Gasteiger partial charge in [0.2, 0.25) is 11.6 Å². The molecule has 0 spiro atoms. The van der Waals surface area contributed by atoms with Crippen LogP contribution in [0, 0.1) is 5.95 Å². The van der Waals surface area contributed by atoms with Crippen LogP contribution in [0.1, 0.15) is 17.4 Å². The van der Waals surface area contributed by atoms with E-state index in [1.165, 1.54) is 4.40 Å². The molecule has 22 heavy (non-hydrogen) atoms. The first-order valence-electron chi connectivity index (χ1n) is 7.39. The van der Waals surface area contributed by atoms with Crippen LogP contribution in [0.4, 0.5) is 10.2 Å². The monoisotopic (exact) mass is 306 g/mol. The molecule has 2 aromatic rings. The first kappa shape index (κ1) is 14.8. The number of aromatic nitrogens is 2. The Kier molecular flexibility index (Phi) is 3.98. The van der Waals surface area contributed by atoms with Crippen LogP contribution in [0.2, 0.25) is 0 Å². The number of hydrogen-bond acceptors (Lipinski definition) is 5. The number of piperazine rings is 1. The highest BCUT2D eigenvalue weighted by Crippen LogP contribution is 2.22. The van der Waals surface area contributed by atoms with Crippen molar-refractivity contribution in [2.75, 3.05) is 44.7 Å². The standard InChI is InChI=1S/C15H19FN4O2/c1-3-22-15(21)13-14(16)20-11(17-13)5-4-6-12(20)19-9-7-18(2)8-10-19/h4-6H,3,7-10H2,1-2H3. The summed E-state index contributed by atoms with van der Waals surface area (Å²) in [6.45, 7) is 5.32. The Hall–Kier alpha value is -2.15. The zero-order valence-electron chi connectivity index (χ0n) is 12.8. The van der Waals surface area contributed by atoms with Crippen molar-refractivity contribution in [3.8, 4) is 0 Å². The molecule has 0 amide bonds. The van der Waals surface area contributed by atoms with Gasteiger partial charge in [0, 0.05) is 26.2 Å². The molecule has 0 unspecified atom stereocenters. The third kappa shape index (κ3) is 2.52. The predicted octanol–water partition coefficient (Wildman–Crippen LogP) is 1.40. The van der Waals surface area contributed by atoms with Gasteiger partial charge in [0.25, 0.3) is 0 Å². The van der Waals surface area contributed by atoms with E-state index in [4.69, 9.17) is 4.74 Å². The number of likely N-dealkylation sites (N-methyl/N-ethyl adjacent to an activating group) is 1. The molecule has 1 aliphatic heterocycles. The van der Waals surface area contributed by atoms with Gasteiger partial charge in [-0.2, -0.15) is 4.39 Å². The maximum absolute atomic E-state index is 14.7. The Morgan fingerprint density at radius 3 is 2.73 bits per heavy atom. The summed E-state index contributed by atoms with van der Waals surface area (Å²) in [5, 5.41) is 0. The van der Waals surface area contributed by atoms with Gasteiger partial charge >= 0.3 is 5.97 Å². The van der Waals surface area contributed by atoms with E-state index in [9.17, 15) is 9.18 Å². The van der Waals surface area contributed by atoms with Crippen LogP contribution < -0.4 is 4.90 Å². The highest BCUT2D eigenvalue weighted by Gasteiger charge is 2.24. The minimum atomic E-state index is -0.729. The molecule has 1 fully saturated rings. The summed E-state index contributed by atoms with van der Waals surface area (Å²) < 4.78 is 20.9. The lowest BCUT2D eigenvalue weighted by Crippen LogP contribution is -2.45. The fourth-order valence-electron chi connectivity index (χ4n) is 2.65. The second-order valence-electron chi connectivity index (χ2n) is 5.34. The number of ether oxygens (including phenoxy) is 1. The highest BCUT2D eigenvalue weighted by atomic mass is 19.1. The number of nitrogens with zero attached hydrogens (tertiary/aromatic N) is 4. The van der Waals surface area contributed by atoms with E-state index in [1.54, 1.807) is 13.0 Å². The van der Waals surface area contributed by atoms with Gasteiger partial charge in [0.15, 0.2) is 0 Å². The molecule has 0 aliphatic carbocycles. The van der Waals surface area contributed by atoms with E-state index in [0.29, 0.717) is 11.5 Å². The van der Waals surface area contributed by atoms with Crippen molar-refractivity contribution in [1.82, 2.24) is 14.3 Å². The minimum absolute atomic E-state index is 0.192. The molecule has 1 saturated heterocycles. The summed E-state index contributed by atoms with van der Waals surface area (Å²) in [5.74, 6) is -0.679. The van der Waals surface area contributed by atoms with Crippen molar-refractivity contribution in [1.29, 1.82) is 0 Å². The lowest BCUT2D eigenvalue weighted by atomic mass is 10.3. The molecule has 0 radical (unpaired) electrons. The third-order valence-corrected chi connectivity index (χ3v) is 3.86. The Morgan fingerprint density at radius 2 is 2.05 bits per heavy atom. The number of fused-ring (bicyclic) bond motifs is 1. The van der Waals surface area contributed by atoms with Gasteiger partial charge in [-0.15, -0.1) is 0 Å². The van der Waals surface area contributed by atoms with Crippen molar-refractivity contribution in [3.63, 3.8) is 0 Å². The molecule has 0 atom stereocenters. The zero-order valence-corrected chi connectivity index (χ0v) is 12.8. The van der Waals surface area contributed by atoms with Gasteiger partial charge in [-0.25, -0.2) is 9.78 Å². The number of imidazole rings is 1. The topological polar surface area (TPSA) is 50.1 Å². The van der Waals surface area contributed by atoms with Gasteiger partial charge in [0.1, 0.15) is 11.5 Å². The van der Waals surface area contributed by atoms with Crippen LogP contribution in [0.3, 0.4) is 0 Å². The average Bonchev–Trinajstić information content (AvgIpc) is 2.86. The highest BCUT2D eigenvalue weighted by molar-refractivity contribution is 5.88. The van der Waals surface area contributed by atoms with Gasteiger partial charge in [-0.1, -0.05) is 6.07 Å². The molecule has 0 N–H and O–H groups in total. The van der Waals surface area contributed by atoms with Crippen LogP contribution in [0.25, 0.3) is 5.65 Å². The second-order valence-corrected chi connectivity index (χ2v) is 5.34. The van der Waals surface area contributed by atoms with E-state index in [0.717, 1.165) is 26.2 Å². The van der Waals surface area contributed by atoms with Crippen molar-refractivity contribution >= 4 is 17.4 Å². The Morgan fingerprint density at radius 1 is 1.32 bits per heavy atom. The Labute approximate surface area is 128 Å². The zero-order chi connectivity index (χ0) is 15.7. The number of carbonyl (C=O) groups is 1. The quantitative estimate of drug-likeness (QED) is 0.802. The number of anilines is 1. The molecular weight excluding hydrogens is 287 g/mol. The summed E-state index contributed by atoms with van der Waals surface area (Å²) in [6, 6.07) is 5.35. The van der Waals surface area contributed by atoms with Crippen LogP contribution in [0.15, 0.2) is 18.2 Å². The first-order valence-corrected chi connectivity index (χ1v) is 7.39. The number of pyridine rings is 1. The normalized spacial score (nSPS) is 16.2. The molecular formula is C15H19FN4O2. The van der Waals surface area contributed by atoms with Gasteiger partial charge in [-0.05, 0) is 26.1 Å². The summed E-state index contributed by atoms with van der Waals surface area (Å²) in [6.07, 6.45) is 0. The summed E-state index contributed by atoms with van der Waals surface area (Å²) in [4.78, 5) is 20.2. The maximum atomic E-state index is 14.7. The molecule has 3 rings (SSSR count). The van der Waals surface area contributed by atoms with Crippen molar-refractivity contribution in [2.24, 2.45) is 0 Å². The fourth-order valence-corrected chi connectivity index (χ4v) is 2.65. The Balaban J connectivity index is 2.03. The smallest absolute Gasteiger partial charge is 0.361 e. The van der Waals surface area contributed by atoms with E-state index in [-0.39, 0.29) is 12.3 Å². The molecule has 0 aromatic carbocycles. The summed E-state index contributed by atoms with van der Waals surface area (Å²) in [5.41, 5.74) is 0.153. The number of halogens is 1. The average molecular weight is 306 g/mol.